The molecule has 2 aliphatic rings. The third-order valence-corrected chi connectivity index (χ3v) is 9.00. The molecule has 3 heterocycles. The van der Waals surface area contributed by atoms with Crippen molar-refractivity contribution >= 4 is 32.8 Å². The third-order valence-electron chi connectivity index (χ3n) is 7.44. The van der Waals surface area contributed by atoms with Gasteiger partial charge in [0.1, 0.15) is 5.84 Å². The number of hydrogen-bond donors (Lipinski definition) is 4. The first kappa shape index (κ1) is 28.3. The van der Waals surface area contributed by atoms with Crippen molar-refractivity contribution in [2.45, 2.75) is 43.4 Å². The molecule has 2 aliphatic heterocycles. The summed E-state index contributed by atoms with van der Waals surface area (Å²) in [4.78, 5) is 4.16. The second-order valence-corrected chi connectivity index (χ2v) is 11.9. The van der Waals surface area contributed by atoms with Crippen LogP contribution >= 0.6 is 0 Å². The van der Waals surface area contributed by atoms with Gasteiger partial charge in [0.2, 0.25) is 10.0 Å². The molecule has 5 rings (SSSR count). The zero-order valence-corrected chi connectivity index (χ0v) is 22.1. The van der Waals surface area contributed by atoms with Crippen LogP contribution in [0.1, 0.15) is 29.5 Å². The van der Waals surface area contributed by atoms with Crippen molar-refractivity contribution in [3.8, 4) is 0 Å². The summed E-state index contributed by atoms with van der Waals surface area (Å²) in [5, 5.41) is 34.6. The summed E-state index contributed by atoms with van der Waals surface area (Å²) in [5.74, 6) is 0.140. The van der Waals surface area contributed by atoms with Gasteiger partial charge in [-0.05, 0) is 48.7 Å². The zero-order valence-electron chi connectivity index (χ0n) is 21.3. The molecule has 0 saturated carbocycles. The summed E-state index contributed by atoms with van der Waals surface area (Å²) < 4.78 is 68.8. The number of halogens is 3. The van der Waals surface area contributed by atoms with Crippen LogP contribution in [0.5, 0.6) is 0 Å². The predicted octanol–water partition coefficient (Wildman–Crippen LogP) is 2.52. The Labute approximate surface area is 228 Å². The summed E-state index contributed by atoms with van der Waals surface area (Å²) in [5.41, 5.74) is -0.165. The van der Waals surface area contributed by atoms with Gasteiger partial charge in [-0.2, -0.15) is 17.5 Å². The zero-order chi connectivity index (χ0) is 28.7. The van der Waals surface area contributed by atoms with E-state index in [0.717, 1.165) is 28.4 Å². The average molecular weight is 579 g/mol. The highest BCUT2D eigenvalue weighted by Crippen LogP contribution is 2.34. The van der Waals surface area contributed by atoms with Crippen molar-refractivity contribution in [2.75, 3.05) is 19.7 Å². The van der Waals surface area contributed by atoms with Gasteiger partial charge < -0.3 is 25.2 Å². The molecule has 3 aromatic rings. The first-order valence-electron chi connectivity index (χ1n) is 12.7. The van der Waals surface area contributed by atoms with Crippen LogP contribution in [-0.2, 0) is 22.7 Å². The molecule has 0 amide bonds. The first-order chi connectivity index (χ1) is 18.9. The average Bonchev–Trinajstić information content (AvgIpc) is 3.48. The quantitative estimate of drug-likeness (QED) is 0.341. The standard InChI is InChI=1S/C27H29F3N4O5S/c28-27(29,30)20-5-1-4-19(15-20)24-31-25(37)26(32-24)9-12-34(13-10-26)40(38,39)14-8-18-3-2-6-23-22(18)7-11-33(23)16-21(36)17-35/h1-8,11,14-15,21,25,35-37H,9-10,12-13,16-17H2,(H,31,32)/b14-8+/t21-,25?/m0/s1. The maximum absolute atomic E-state index is 13.1. The second kappa shape index (κ2) is 10.6. The lowest BCUT2D eigenvalue weighted by Crippen LogP contribution is -2.57. The topological polar surface area (TPSA) is 127 Å². The minimum Gasteiger partial charge on any atom is -0.394 e. The number of piperidine rings is 1. The summed E-state index contributed by atoms with van der Waals surface area (Å²) in [7, 11) is -3.82. The maximum Gasteiger partial charge on any atom is 0.416 e. The number of aliphatic hydroxyl groups excluding tert-OH is 3. The Morgan fingerprint density at radius 2 is 1.88 bits per heavy atom. The Hall–Kier alpha value is -3.23. The van der Waals surface area contributed by atoms with E-state index in [4.69, 9.17) is 5.11 Å². The number of sulfonamides is 1. The van der Waals surface area contributed by atoms with Crippen LogP contribution in [0, 0.1) is 0 Å². The van der Waals surface area contributed by atoms with Crippen LogP contribution in [0.3, 0.4) is 0 Å². The molecule has 4 N–H and O–H groups in total. The van der Waals surface area contributed by atoms with Gasteiger partial charge in [0.05, 0.1) is 30.4 Å². The number of aromatic nitrogens is 1. The number of amidine groups is 1. The lowest BCUT2D eigenvalue weighted by atomic mass is 9.87. The van der Waals surface area contributed by atoms with Crippen LogP contribution in [0.4, 0.5) is 13.2 Å². The monoisotopic (exact) mass is 578 g/mol. The van der Waals surface area contributed by atoms with Crippen LogP contribution in [0.15, 0.2) is 65.1 Å². The SMILES string of the molecule is O=S(=O)(/C=C/c1cccc2c1ccn2C[C@H](O)CO)N1CCC2(CC1)NC(c1cccc(C(F)(F)F)c1)=NC2O. The van der Waals surface area contributed by atoms with E-state index in [1.54, 1.807) is 22.9 Å². The molecule has 2 atom stereocenters. The molecule has 1 aromatic heterocycles. The summed E-state index contributed by atoms with van der Waals surface area (Å²) in [6.07, 6.45) is -2.99. The fourth-order valence-corrected chi connectivity index (χ4v) is 6.36. The van der Waals surface area contributed by atoms with Gasteiger partial charge in [0, 0.05) is 41.2 Å². The molecule has 0 radical (unpaired) electrons. The smallest absolute Gasteiger partial charge is 0.394 e. The number of fused-ring (bicyclic) bond motifs is 1. The Morgan fingerprint density at radius 3 is 2.58 bits per heavy atom. The van der Waals surface area contributed by atoms with Gasteiger partial charge >= 0.3 is 6.18 Å². The highest BCUT2D eigenvalue weighted by Gasteiger charge is 2.47. The fourth-order valence-electron chi connectivity index (χ4n) is 5.17. The van der Waals surface area contributed by atoms with Gasteiger partial charge in [-0.1, -0.05) is 24.3 Å². The number of nitrogens with zero attached hydrogens (tertiary/aromatic N) is 3. The number of hydrogen-bond acceptors (Lipinski definition) is 7. The molecule has 1 saturated heterocycles. The third kappa shape index (κ3) is 5.52. The normalized spacial score (nSPS) is 20.8. The number of benzene rings is 2. The van der Waals surface area contributed by atoms with E-state index >= 15 is 0 Å². The van der Waals surface area contributed by atoms with E-state index in [1.807, 2.05) is 12.1 Å². The number of aliphatic hydroxyl groups is 3. The first-order valence-corrected chi connectivity index (χ1v) is 14.2. The van der Waals surface area contributed by atoms with E-state index in [9.17, 15) is 31.8 Å². The highest BCUT2D eigenvalue weighted by molar-refractivity contribution is 7.92. The van der Waals surface area contributed by atoms with Gasteiger partial charge in [0.15, 0.2) is 6.23 Å². The molecule has 1 unspecified atom stereocenters. The van der Waals surface area contributed by atoms with Crippen LogP contribution in [-0.4, -0.2) is 76.0 Å². The van der Waals surface area contributed by atoms with Gasteiger partial charge in [0.25, 0.3) is 0 Å². The van der Waals surface area contributed by atoms with E-state index in [2.05, 4.69) is 10.3 Å². The molecule has 13 heteroatoms. The summed E-state index contributed by atoms with van der Waals surface area (Å²) >= 11 is 0. The number of rotatable bonds is 7. The molecule has 0 aliphatic carbocycles. The number of alkyl halides is 3. The van der Waals surface area contributed by atoms with Crippen molar-refractivity contribution < 1.29 is 36.9 Å². The molecule has 1 fully saturated rings. The Bertz CT molecular complexity index is 1560. The van der Waals surface area contributed by atoms with Crippen molar-refractivity contribution in [3.05, 3.63) is 76.8 Å². The lowest BCUT2D eigenvalue weighted by Gasteiger charge is -2.40. The Kier molecular flexibility index (Phi) is 7.52. The van der Waals surface area contributed by atoms with E-state index in [-0.39, 0.29) is 50.5 Å². The van der Waals surface area contributed by atoms with Gasteiger partial charge in [-0.3, -0.25) is 0 Å². The van der Waals surface area contributed by atoms with Crippen molar-refractivity contribution in [1.29, 1.82) is 0 Å². The lowest BCUT2D eigenvalue weighted by molar-refractivity contribution is -0.137. The van der Waals surface area contributed by atoms with Crippen molar-refractivity contribution in [1.82, 2.24) is 14.2 Å². The molecular weight excluding hydrogens is 549 g/mol. The van der Waals surface area contributed by atoms with E-state index in [0.29, 0.717) is 5.56 Å². The largest absolute Gasteiger partial charge is 0.416 e. The number of aliphatic imine (C=N–C) groups is 1. The maximum atomic E-state index is 13.1. The Balaban J connectivity index is 1.27. The molecule has 214 valence electrons. The molecule has 2 aromatic carbocycles. The fraction of sp³-hybridized carbons (Fsp3) is 0.370. The minimum atomic E-state index is -4.52. The Morgan fingerprint density at radius 1 is 1.15 bits per heavy atom. The van der Waals surface area contributed by atoms with Crippen molar-refractivity contribution in [2.24, 2.45) is 4.99 Å². The molecule has 9 nitrogen and oxygen atoms in total. The molecule has 40 heavy (non-hydrogen) atoms. The molecule has 0 bridgehead atoms. The predicted molar refractivity (Wildman–Crippen MR) is 144 cm³/mol. The van der Waals surface area contributed by atoms with Gasteiger partial charge in [-0.25, -0.2) is 13.4 Å². The number of nitrogens with one attached hydrogen (secondary N) is 1. The van der Waals surface area contributed by atoms with Gasteiger partial charge in [-0.15, -0.1) is 0 Å². The second-order valence-electron chi connectivity index (χ2n) is 10.0. The van der Waals surface area contributed by atoms with Crippen molar-refractivity contribution in [3.63, 3.8) is 0 Å². The summed E-state index contributed by atoms with van der Waals surface area (Å²) in [6, 6.07) is 11.9. The van der Waals surface area contributed by atoms with E-state index < -0.39 is 39.6 Å². The van der Waals surface area contributed by atoms with Crippen LogP contribution in [0.25, 0.3) is 17.0 Å². The molecular formula is C27H29F3N4O5S. The highest BCUT2D eigenvalue weighted by atomic mass is 32.2. The van der Waals surface area contributed by atoms with E-state index in [1.165, 1.54) is 22.5 Å². The minimum absolute atomic E-state index is 0.0851. The summed E-state index contributed by atoms with van der Waals surface area (Å²) in [6.45, 7) is -0.0105. The van der Waals surface area contributed by atoms with Crippen LogP contribution < -0.4 is 5.32 Å². The molecule has 1 spiro atoms. The van der Waals surface area contributed by atoms with Crippen LogP contribution in [0.2, 0.25) is 0 Å².